The molecule has 0 aliphatic rings. The first-order valence-electron chi connectivity index (χ1n) is 6.31. The van der Waals surface area contributed by atoms with Gasteiger partial charge in [0.1, 0.15) is 24.6 Å². The van der Waals surface area contributed by atoms with Gasteiger partial charge in [0.05, 0.1) is 6.07 Å². The molecule has 0 aromatic heterocycles. The van der Waals surface area contributed by atoms with E-state index in [0.717, 1.165) is 5.56 Å². The van der Waals surface area contributed by atoms with Gasteiger partial charge in [0.15, 0.2) is 0 Å². The highest BCUT2D eigenvalue weighted by Gasteiger charge is 2.02. The summed E-state index contributed by atoms with van der Waals surface area (Å²) in [7, 11) is 0. The topological polar surface area (TPSA) is 62.1 Å². The lowest BCUT2D eigenvalue weighted by Gasteiger charge is -2.08. The quantitative estimate of drug-likeness (QED) is 0.916. The first kappa shape index (κ1) is 14.5. The lowest BCUT2D eigenvalue weighted by atomic mass is 10.2. The number of hydrogen-bond donors (Lipinski definition) is 1. The van der Waals surface area contributed by atoms with Crippen molar-refractivity contribution < 1.29 is 13.9 Å². The van der Waals surface area contributed by atoms with Gasteiger partial charge in [0, 0.05) is 5.69 Å². The maximum absolute atomic E-state index is 13.0. The second-order valence-corrected chi connectivity index (χ2v) is 4.33. The Hall–Kier alpha value is -2.87. The molecule has 0 fully saturated rings. The van der Waals surface area contributed by atoms with E-state index in [1.54, 1.807) is 42.5 Å². The molecule has 0 bridgehead atoms. The lowest BCUT2D eigenvalue weighted by Crippen LogP contribution is -2.09. The fourth-order valence-electron chi connectivity index (χ4n) is 1.70. The normalized spacial score (nSPS) is 9.71. The number of halogens is 1. The summed E-state index contributed by atoms with van der Waals surface area (Å²) < 4.78 is 18.5. The molecule has 2 aromatic rings. The van der Waals surface area contributed by atoms with Gasteiger partial charge in [-0.25, -0.2) is 4.39 Å². The minimum Gasteiger partial charge on any atom is -0.489 e. The number of ether oxygens (including phenoxy) is 1. The van der Waals surface area contributed by atoms with Crippen molar-refractivity contribution in [1.29, 1.82) is 5.26 Å². The summed E-state index contributed by atoms with van der Waals surface area (Å²) in [6.07, 6.45) is -0.183. The second kappa shape index (κ2) is 7.06. The molecule has 21 heavy (non-hydrogen) atoms. The lowest BCUT2D eigenvalue weighted by molar-refractivity contribution is -0.115. The van der Waals surface area contributed by atoms with Crippen molar-refractivity contribution >= 4 is 11.6 Å². The summed E-state index contributed by atoms with van der Waals surface area (Å²) in [6, 6.07) is 14.7. The monoisotopic (exact) mass is 284 g/mol. The van der Waals surface area contributed by atoms with Crippen LogP contribution in [0.5, 0.6) is 5.75 Å². The third-order valence-corrected chi connectivity index (χ3v) is 2.67. The fraction of sp³-hybridized carbons (Fsp3) is 0.125. The molecule has 0 aliphatic carbocycles. The van der Waals surface area contributed by atoms with Gasteiger partial charge in [-0.1, -0.05) is 12.1 Å². The van der Waals surface area contributed by atoms with Gasteiger partial charge in [0.25, 0.3) is 0 Å². The number of nitrogens with zero attached hydrogens (tertiary/aromatic N) is 1. The molecular formula is C16H13FN2O2. The van der Waals surface area contributed by atoms with Crippen LogP contribution in [0, 0.1) is 17.1 Å². The summed E-state index contributed by atoms with van der Waals surface area (Å²) in [5.41, 5.74) is 1.33. The first-order valence-corrected chi connectivity index (χ1v) is 6.31. The van der Waals surface area contributed by atoms with Crippen LogP contribution in [0.4, 0.5) is 10.1 Å². The Morgan fingerprint density at radius 2 is 2.00 bits per heavy atom. The largest absolute Gasteiger partial charge is 0.489 e. The zero-order valence-corrected chi connectivity index (χ0v) is 11.2. The highest BCUT2D eigenvalue weighted by Crippen LogP contribution is 2.17. The molecule has 0 atom stereocenters. The summed E-state index contributed by atoms with van der Waals surface area (Å²) >= 11 is 0. The highest BCUT2D eigenvalue weighted by molar-refractivity contribution is 5.92. The number of nitrogens with one attached hydrogen (secondary N) is 1. The van der Waals surface area contributed by atoms with Crippen LogP contribution in [0.25, 0.3) is 0 Å². The van der Waals surface area contributed by atoms with E-state index in [1.807, 2.05) is 0 Å². The number of nitriles is 1. The molecule has 106 valence electrons. The van der Waals surface area contributed by atoms with Gasteiger partial charge >= 0.3 is 0 Å². The summed E-state index contributed by atoms with van der Waals surface area (Å²) in [5.74, 6) is -0.0462. The van der Waals surface area contributed by atoms with Crippen LogP contribution < -0.4 is 10.1 Å². The molecule has 0 unspecified atom stereocenters. The minimum atomic E-state index is -0.356. The predicted molar refractivity (Wildman–Crippen MR) is 76.0 cm³/mol. The maximum Gasteiger partial charge on any atom is 0.238 e. The number of benzene rings is 2. The third kappa shape index (κ3) is 4.62. The number of carbonyl (C=O) groups is 1. The van der Waals surface area contributed by atoms with Crippen molar-refractivity contribution in [3.63, 3.8) is 0 Å². The molecule has 0 heterocycles. The van der Waals surface area contributed by atoms with Crippen LogP contribution in [0.3, 0.4) is 0 Å². The van der Waals surface area contributed by atoms with E-state index in [4.69, 9.17) is 10.00 Å². The van der Waals surface area contributed by atoms with Crippen LogP contribution in [0.2, 0.25) is 0 Å². The Morgan fingerprint density at radius 3 is 2.67 bits per heavy atom. The van der Waals surface area contributed by atoms with Crippen molar-refractivity contribution in [3.05, 3.63) is 59.9 Å². The molecule has 2 aromatic carbocycles. The average molecular weight is 284 g/mol. The van der Waals surface area contributed by atoms with Gasteiger partial charge in [-0.05, 0) is 42.0 Å². The molecule has 0 radical (unpaired) electrons. The molecule has 2 rings (SSSR count). The molecule has 0 saturated carbocycles. The molecule has 1 amide bonds. The summed E-state index contributed by atoms with van der Waals surface area (Å²) in [4.78, 5) is 11.2. The van der Waals surface area contributed by atoms with Crippen molar-refractivity contribution in [3.8, 4) is 11.8 Å². The van der Waals surface area contributed by atoms with E-state index >= 15 is 0 Å². The predicted octanol–water partition coefficient (Wildman–Crippen LogP) is 3.26. The van der Waals surface area contributed by atoms with Crippen LogP contribution in [0.1, 0.15) is 12.0 Å². The number of rotatable bonds is 5. The first-order chi connectivity index (χ1) is 10.2. The summed E-state index contributed by atoms with van der Waals surface area (Å²) in [6.45, 7) is 0.262. The Bertz CT molecular complexity index is 663. The zero-order chi connectivity index (χ0) is 15.1. The maximum atomic E-state index is 13.0. The second-order valence-electron chi connectivity index (χ2n) is 4.33. The minimum absolute atomic E-state index is 0.183. The van der Waals surface area contributed by atoms with Crippen molar-refractivity contribution in [2.24, 2.45) is 0 Å². The van der Waals surface area contributed by atoms with Crippen molar-refractivity contribution in [2.45, 2.75) is 13.0 Å². The number of amides is 1. The van der Waals surface area contributed by atoms with Crippen LogP contribution in [0.15, 0.2) is 48.5 Å². The SMILES string of the molecule is N#CCC(=O)Nc1ccc(OCc2cccc(F)c2)cc1. The van der Waals surface area contributed by atoms with Crippen LogP contribution >= 0.6 is 0 Å². The Labute approximate surface area is 121 Å². The third-order valence-electron chi connectivity index (χ3n) is 2.67. The number of carbonyl (C=O) groups excluding carboxylic acids is 1. The van der Waals surface area contributed by atoms with Gasteiger partial charge in [-0.3, -0.25) is 4.79 Å². The molecule has 0 spiro atoms. The molecule has 0 aliphatic heterocycles. The van der Waals surface area contributed by atoms with Gasteiger partial charge in [0.2, 0.25) is 5.91 Å². The van der Waals surface area contributed by atoms with Crippen LogP contribution in [-0.4, -0.2) is 5.91 Å². The van der Waals surface area contributed by atoms with E-state index in [-0.39, 0.29) is 24.8 Å². The number of anilines is 1. The Kier molecular flexibility index (Phi) is 4.89. The highest BCUT2D eigenvalue weighted by atomic mass is 19.1. The van der Waals surface area contributed by atoms with Gasteiger partial charge in [-0.2, -0.15) is 5.26 Å². The van der Waals surface area contributed by atoms with Crippen LogP contribution in [-0.2, 0) is 11.4 Å². The van der Waals surface area contributed by atoms with E-state index in [0.29, 0.717) is 11.4 Å². The van der Waals surface area contributed by atoms with E-state index in [2.05, 4.69) is 5.32 Å². The van der Waals surface area contributed by atoms with E-state index < -0.39 is 0 Å². The molecule has 5 heteroatoms. The number of hydrogen-bond acceptors (Lipinski definition) is 3. The summed E-state index contributed by atoms with van der Waals surface area (Å²) in [5, 5.41) is 11.0. The van der Waals surface area contributed by atoms with E-state index in [9.17, 15) is 9.18 Å². The smallest absolute Gasteiger partial charge is 0.238 e. The Morgan fingerprint density at radius 1 is 1.24 bits per heavy atom. The zero-order valence-electron chi connectivity index (χ0n) is 11.2. The van der Waals surface area contributed by atoms with E-state index in [1.165, 1.54) is 12.1 Å². The Balaban J connectivity index is 1.91. The fourth-order valence-corrected chi connectivity index (χ4v) is 1.70. The molecular weight excluding hydrogens is 271 g/mol. The molecule has 0 saturated heterocycles. The van der Waals surface area contributed by atoms with Crippen molar-refractivity contribution in [2.75, 3.05) is 5.32 Å². The van der Waals surface area contributed by atoms with Gasteiger partial charge in [-0.15, -0.1) is 0 Å². The standard InChI is InChI=1S/C16H13FN2O2/c17-13-3-1-2-12(10-13)11-21-15-6-4-14(5-7-15)19-16(20)8-9-18/h1-7,10H,8,11H2,(H,19,20). The average Bonchev–Trinajstić information content (AvgIpc) is 2.47. The van der Waals surface area contributed by atoms with Gasteiger partial charge < -0.3 is 10.1 Å². The van der Waals surface area contributed by atoms with Crippen molar-refractivity contribution in [1.82, 2.24) is 0 Å². The molecule has 1 N–H and O–H groups in total. The molecule has 4 nitrogen and oxygen atoms in total.